The highest BCUT2D eigenvalue weighted by atomic mass is 15.3. The van der Waals surface area contributed by atoms with Crippen LogP contribution in [-0.2, 0) is 12.8 Å². The lowest BCUT2D eigenvalue weighted by atomic mass is 10.1. The Balaban J connectivity index is 1.29. The molecule has 1 saturated heterocycles. The lowest BCUT2D eigenvalue weighted by Crippen LogP contribution is -2.47. The molecule has 2 N–H and O–H groups in total. The Labute approximate surface area is 165 Å². The average molecular weight is 371 g/mol. The maximum absolute atomic E-state index is 6.08. The van der Waals surface area contributed by atoms with Crippen LogP contribution in [0.25, 0.3) is 11.3 Å². The summed E-state index contributed by atoms with van der Waals surface area (Å²) in [6, 6.07) is 19.2. The number of anilines is 2. The molecule has 0 spiro atoms. The molecule has 1 aliphatic carbocycles. The highest BCUT2D eigenvalue weighted by Gasteiger charge is 2.28. The molecule has 5 rings (SSSR count). The van der Waals surface area contributed by atoms with Crippen molar-refractivity contribution in [3.8, 4) is 11.3 Å². The van der Waals surface area contributed by atoms with E-state index in [-0.39, 0.29) is 0 Å². The molecule has 1 aliphatic heterocycles. The second-order valence-electron chi connectivity index (χ2n) is 7.63. The van der Waals surface area contributed by atoms with Crippen molar-refractivity contribution in [2.24, 2.45) is 0 Å². The SMILES string of the molecule is Nc1nc2c(c(N3CCN(CCc4ccccc4)CC3)n1)Cc1ccccc1-2. The monoisotopic (exact) mass is 371 g/mol. The molecule has 0 amide bonds. The van der Waals surface area contributed by atoms with E-state index in [1.165, 1.54) is 22.3 Å². The second kappa shape index (κ2) is 7.24. The van der Waals surface area contributed by atoms with Crippen LogP contribution in [0.1, 0.15) is 16.7 Å². The minimum Gasteiger partial charge on any atom is -0.368 e. The average Bonchev–Trinajstić information content (AvgIpc) is 3.11. The van der Waals surface area contributed by atoms with Crippen molar-refractivity contribution < 1.29 is 0 Å². The normalized spacial score (nSPS) is 16.1. The number of piperazine rings is 1. The van der Waals surface area contributed by atoms with Gasteiger partial charge in [-0.25, -0.2) is 4.98 Å². The fourth-order valence-corrected chi connectivity index (χ4v) is 4.35. The largest absolute Gasteiger partial charge is 0.368 e. The third-order valence-electron chi connectivity index (χ3n) is 5.87. The Kier molecular flexibility index (Phi) is 4.45. The van der Waals surface area contributed by atoms with Crippen LogP contribution in [0.5, 0.6) is 0 Å². The molecule has 0 radical (unpaired) electrons. The summed E-state index contributed by atoms with van der Waals surface area (Å²) in [4.78, 5) is 14.1. The van der Waals surface area contributed by atoms with E-state index in [1.807, 2.05) is 0 Å². The number of hydrogen-bond donors (Lipinski definition) is 1. The van der Waals surface area contributed by atoms with E-state index in [4.69, 9.17) is 5.73 Å². The molecule has 0 saturated carbocycles. The van der Waals surface area contributed by atoms with Gasteiger partial charge in [-0.15, -0.1) is 0 Å². The van der Waals surface area contributed by atoms with E-state index in [1.54, 1.807) is 0 Å². The Morgan fingerprint density at radius 3 is 2.43 bits per heavy atom. The molecule has 2 aromatic carbocycles. The van der Waals surface area contributed by atoms with Crippen LogP contribution in [0.2, 0.25) is 0 Å². The van der Waals surface area contributed by atoms with Crippen LogP contribution in [0.15, 0.2) is 54.6 Å². The Bertz CT molecular complexity index is 978. The summed E-state index contributed by atoms with van der Waals surface area (Å²) in [7, 11) is 0. The molecule has 0 unspecified atom stereocenters. The zero-order valence-corrected chi connectivity index (χ0v) is 16.0. The van der Waals surface area contributed by atoms with Crippen molar-refractivity contribution in [3.63, 3.8) is 0 Å². The number of benzene rings is 2. The first-order valence-electron chi connectivity index (χ1n) is 10.0. The van der Waals surface area contributed by atoms with Gasteiger partial charge in [0.1, 0.15) is 5.82 Å². The van der Waals surface area contributed by atoms with Gasteiger partial charge in [-0.1, -0.05) is 54.6 Å². The van der Waals surface area contributed by atoms with Crippen molar-refractivity contribution in [3.05, 3.63) is 71.3 Å². The summed E-state index contributed by atoms with van der Waals surface area (Å²) in [5.41, 5.74) is 12.3. The number of rotatable bonds is 4. The molecular formula is C23H25N5. The third-order valence-corrected chi connectivity index (χ3v) is 5.87. The molecule has 5 heteroatoms. The van der Waals surface area contributed by atoms with E-state index >= 15 is 0 Å². The molecule has 3 aromatic rings. The first kappa shape index (κ1) is 17.2. The summed E-state index contributed by atoms with van der Waals surface area (Å²) in [5.74, 6) is 1.40. The summed E-state index contributed by atoms with van der Waals surface area (Å²) in [6.07, 6.45) is 2.00. The number of nitrogens with two attached hydrogens (primary N) is 1. The number of nitrogens with zero attached hydrogens (tertiary/aromatic N) is 4. The Morgan fingerprint density at radius 2 is 1.61 bits per heavy atom. The van der Waals surface area contributed by atoms with E-state index in [0.717, 1.165) is 57.1 Å². The number of nitrogen functional groups attached to an aromatic ring is 1. The molecule has 2 heterocycles. The molecule has 1 aromatic heterocycles. The predicted octanol–water partition coefficient (Wildman–Crippen LogP) is 2.99. The van der Waals surface area contributed by atoms with Crippen molar-refractivity contribution in [1.29, 1.82) is 0 Å². The molecular weight excluding hydrogens is 346 g/mol. The van der Waals surface area contributed by atoms with Crippen molar-refractivity contribution >= 4 is 11.8 Å². The van der Waals surface area contributed by atoms with Crippen LogP contribution >= 0.6 is 0 Å². The summed E-state index contributed by atoms with van der Waals surface area (Å²) in [5, 5.41) is 0. The number of hydrogen-bond acceptors (Lipinski definition) is 5. The van der Waals surface area contributed by atoms with Crippen LogP contribution in [0.3, 0.4) is 0 Å². The smallest absolute Gasteiger partial charge is 0.222 e. The van der Waals surface area contributed by atoms with Crippen molar-refractivity contribution in [2.45, 2.75) is 12.8 Å². The van der Waals surface area contributed by atoms with Gasteiger partial charge in [0.2, 0.25) is 5.95 Å². The van der Waals surface area contributed by atoms with Gasteiger partial charge in [-0.2, -0.15) is 4.98 Å². The van der Waals surface area contributed by atoms with Gasteiger partial charge >= 0.3 is 0 Å². The van der Waals surface area contributed by atoms with Gasteiger partial charge in [0.15, 0.2) is 0 Å². The van der Waals surface area contributed by atoms with E-state index in [9.17, 15) is 0 Å². The molecule has 2 aliphatic rings. The fourth-order valence-electron chi connectivity index (χ4n) is 4.35. The maximum atomic E-state index is 6.08. The van der Waals surface area contributed by atoms with E-state index < -0.39 is 0 Å². The quantitative estimate of drug-likeness (QED) is 0.598. The first-order chi connectivity index (χ1) is 13.8. The molecule has 28 heavy (non-hydrogen) atoms. The maximum Gasteiger partial charge on any atom is 0.222 e. The molecule has 0 atom stereocenters. The first-order valence-corrected chi connectivity index (χ1v) is 10.0. The molecule has 0 bridgehead atoms. The van der Waals surface area contributed by atoms with Crippen molar-refractivity contribution in [2.75, 3.05) is 43.4 Å². The minimum absolute atomic E-state index is 0.372. The van der Waals surface area contributed by atoms with Crippen LogP contribution in [0.4, 0.5) is 11.8 Å². The van der Waals surface area contributed by atoms with Gasteiger partial charge in [-0.05, 0) is 17.5 Å². The number of aromatic nitrogens is 2. The van der Waals surface area contributed by atoms with E-state index in [0.29, 0.717) is 5.95 Å². The van der Waals surface area contributed by atoms with Crippen LogP contribution < -0.4 is 10.6 Å². The molecule has 1 fully saturated rings. The van der Waals surface area contributed by atoms with Crippen LogP contribution in [0, 0.1) is 0 Å². The van der Waals surface area contributed by atoms with Crippen molar-refractivity contribution in [1.82, 2.24) is 14.9 Å². The fraction of sp³-hybridized carbons (Fsp3) is 0.304. The summed E-state index contributed by atoms with van der Waals surface area (Å²) in [6.45, 7) is 5.17. The lowest BCUT2D eigenvalue weighted by Gasteiger charge is -2.36. The highest BCUT2D eigenvalue weighted by molar-refractivity contribution is 5.79. The summed E-state index contributed by atoms with van der Waals surface area (Å²) < 4.78 is 0. The second-order valence-corrected chi connectivity index (χ2v) is 7.63. The third kappa shape index (κ3) is 3.22. The predicted molar refractivity (Wildman–Crippen MR) is 113 cm³/mol. The van der Waals surface area contributed by atoms with E-state index in [2.05, 4.69) is 74.4 Å². The topological polar surface area (TPSA) is 58.3 Å². The number of fused-ring (bicyclic) bond motifs is 3. The van der Waals surface area contributed by atoms with Crippen LogP contribution in [-0.4, -0.2) is 47.6 Å². The molecule has 5 nitrogen and oxygen atoms in total. The van der Waals surface area contributed by atoms with Gasteiger partial charge in [-0.3, -0.25) is 4.90 Å². The highest BCUT2D eigenvalue weighted by Crippen LogP contribution is 2.39. The zero-order valence-electron chi connectivity index (χ0n) is 16.0. The van der Waals surface area contributed by atoms with Gasteiger partial charge in [0.05, 0.1) is 5.69 Å². The lowest BCUT2D eigenvalue weighted by molar-refractivity contribution is 0.260. The summed E-state index contributed by atoms with van der Waals surface area (Å²) >= 11 is 0. The van der Waals surface area contributed by atoms with Gasteiger partial charge < -0.3 is 10.6 Å². The standard InChI is InChI=1S/C23H25N5/c24-23-25-21-19-9-5-4-8-18(19)16-20(21)22(26-23)28-14-12-27(13-15-28)11-10-17-6-2-1-3-7-17/h1-9H,10-16H2,(H2,24,25,26). The zero-order chi connectivity index (χ0) is 18.9. The van der Waals surface area contributed by atoms with Gasteiger partial charge in [0, 0.05) is 50.3 Å². The minimum atomic E-state index is 0.372. The Hall–Kier alpha value is -2.92. The Morgan fingerprint density at radius 1 is 0.857 bits per heavy atom. The molecule has 142 valence electrons. The van der Waals surface area contributed by atoms with Gasteiger partial charge in [0.25, 0.3) is 0 Å².